The van der Waals surface area contributed by atoms with Crippen LogP contribution in [0.15, 0.2) is 5.38 Å². The summed E-state index contributed by atoms with van der Waals surface area (Å²) in [6, 6.07) is 0. The Morgan fingerprint density at radius 2 is 2.00 bits per heavy atom. The smallest absolute Gasteiger partial charge is 0.255 e. The monoisotopic (exact) mass is 372 g/mol. The summed E-state index contributed by atoms with van der Waals surface area (Å²) in [4.78, 5) is 31.9. The number of carbonyl (C=O) groups is 2. The van der Waals surface area contributed by atoms with Gasteiger partial charge in [-0.1, -0.05) is 0 Å². The zero-order valence-corrected chi connectivity index (χ0v) is 16.3. The lowest BCUT2D eigenvalue weighted by Gasteiger charge is -2.39. The predicted molar refractivity (Wildman–Crippen MR) is 102 cm³/mol. The lowest BCUT2D eigenvalue weighted by molar-refractivity contribution is -0.145. The summed E-state index contributed by atoms with van der Waals surface area (Å²) in [5.41, 5.74) is 1.94. The fourth-order valence-corrected chi connectivity index (χ4v) is 6.33. The van der Waals surface area contributed by atoms with Crippen LogP contribution in [0.4, 0.5) is 0 Å². The quantitative estimate of drug-likeness (QED) is 0.815. The molecule has 26 heavy (non-hydrogen) atoms. The highest BCUT2D eigenvalue weighted by Gasteiger charge is 2.50. The van der Waals surface area contributed by atoms with Crippen LogP contribution in [0.2, 0.25) is 0 Å². The summed E-state index contributed by atoms with van der Waals surface area (Å²) in [7, 11) is 0. The van der Waals surface area contributed by atoms with E-state index in [-0.39, 0.29) is 11.3 Å². The molecule has 2 saturated heterocycles. The van der Waals surface area contributed by atoms with Crippen LogP contribution in [0.25, 0.3) is 0 Å². The van der Waals surface area contributed by atoms with E-state index in [4.69, 9.17) is 0 Å². The third kappa shape index (κ3) is 2.79. The first-order valence-corrected chi connectivity index (χ1v) is 11.2. The Balaban J connectivity index is 1.32. The number of amides is 2. The van der Waals surface area contributed by atoms with Gasteiger partial charge in [-0.25, -0.2) is 0 Å². The van der Waals surface area contributed by atoms with Crippen LogP contribution in [0, 0.1) is 11.3 Å². The standard InChI is InChI=1S/C21H28N2O2S/c24-19(17-13-26-18-5-2-1-4-16(17)18)23-11-9-21(14-23)8-3-10-22(20(21)25)12-15-6-7-15/h13,15H,1-12,14H2/t21-/m0/s1. The van der Waals surface area contributed by atoms with Crippen molar-refractivity contribution in [2.24, 2.45) is 11.3 Å². The van der Waals surface area contributed by atoms with Crippen molar-refractivity contribution in [2.45, 2.75) is 57.8 Å². The van der Waals surface area contributed by atoms with Gasteiger partial charge in [0, 0.05) is 36.4 Å². The largest absolute Gasteiger partial charge is 0.342 e. The van der Waals surface area contributed by atoms with Gasteiger partial charge in [0.15, 0.2) is 0 Å². The maximum Gasteiger partial charge on any atom is 0.255 e. The number of fused-ring (bicyclic) bond motifs is 1. The summed E-state index contributed by atoms with van der Waals surface area (Å²) in [5, 5.41) is 2.07. The molecule has 2 aliphatic carbocycles. The molecule has 1 saturated carbocycles. The molecule has 1 aromatic heterocycles. The average molecular weight is 373 g/mol. The fourth-order valence-electron chi connectivity index (χ4n) is 5.21. The minimum absolute atomic E-state index is 0.174. The number of nitrogens with zero attached hydrogens (tertiary/aromatic N) is 2. The van der Waals surface area contributed by atoms with Gasteiger partial charge in [-0.05, 0) is 69.3 Å². The minimum Gasteiger partial charge on any atom is -0.342 e. The number of rotatable bonds is 3. The molecule has 0 bridgehead atoms. The van der Waals surface area contributed by atoms with Gasteiger partial charge in [-0.2, -0.15) is 0 Å². The molecule has 0 radical (unpaired) electrons. The van der Waals surface area contributed by atoms with Crippen LogP contribution < -0.4 is 0 Å². The molecule has 0 N–H and O–H groups in total. The van der Waals surface area contributed by atoms with Crippen molar-refractivity contribution in [3.8, 4) is 0 Å². The van der Waals surface area contributed by atoms with Crippen LogP contribution in [-0.2, 0) is 17.6 Å². The third-order valence-corrected chi connectivity index (χ3v) is 8.02. The summed E-state index contributed by atoms with van der Waals surface area (Å²) < 4.78 is 0. The first kappa shape index (κ1) is 16.8. The van der Waals surface area contributed by atoms with Crippen molar-refractivity contribution >= 4 is 23.2 Å². The number of carbonyl (C=O) groups excluding carboxylic acids is 2. The first-order chi connectivity index (χ1) is 12.7. The van der Waals surface area contributed by atoms with E-state index in [9.17, 15) is 9.59 Å². The Morgan fingerprint density at radius 1 is 1.15 bits per heavy atom. The molecule has 5 heteroatoms. The summed E-state index contributed by atoms with van der Waals surface area (Å²) in [6.07, 6.45) is 10.1. The molecule has 4 aliphatic rings. The van der Waals surface area contributed by atoms with Crippen molar-refractivity contribution in [1.82, 2.24) is 9.80 Å². The Labute approximate surface area is 159 Å². The van der Waals surface area contributed by atoms with Gasteiger partial charge in [-0.15, -0.1) is 11.3 Å². The SMILES string of the molecule is O=C(c1csc2c1CCCC2)N1CC[C@@]2(CCCN(CC3CC3)C2=O)C1. The third-order valence-electron chi connectivity index (χ3n) is 6.93. The second-order valence-electron chi connectivity index (χ2n) is 8.81. The van der Waals surface area contributed by atoms with E-state index >= 15 is 0 Å². The Hall–Kier alpha value is -1.36. The van der Waals surface area contributed by atoms with E-state index in [2.05, 4.69) is 10.3 Å². The van der Waals surface area contributed by atoms with Crippen molar-refractivity contribution in [3.05, 3.63) is 21.4 Å². The van der Waals surface area contributed by atoms with Gasteiger partial charge in [0.1, 0.15) is 0 Å². The van der Waals surface area contributed by atoms with E-state index in [0.29, 0.717) is 12.5 Å². The van der Waals surface area contributed by atoms with E-state index in [1.165, 1.54) is 36.1 Å². The van der Waals surface area contributed by atoms with Crippen molar-refractivity contribution in [1.29, 1.82) is 0 Å². The number of hydrogen-bond donors (Lipinski definition) is 0. The molecule has 1 aromatic rings. The zero-order valence-electron chi connectivity index (χ0n) is 15.5. The summed E-state index contributed by atoms with van der Waals surface area (Å²) in [5.74, 6) is 1.25. The molecule has 0 unspecified atom stereocenters. The number of likely N-dealkylation sites (tertiary alicyclic amines) is 2. The second kappa shape index (κ2) is 6.36. The van der Waals surface area contributed by atoms with Crippen LogP contribution in [-0.4, -0.2) is 47.8 Å². The molecule has 140 valence electrons. The van der Waals surface area contributed by atoms with Crippen LogP contribution in [0.3, 0.4) is 0 Å². The van der Waals surface area contributed by atoms with Crippen LogP contribution >= 0.6 is 11.3 Å². The normalized spacial score (nSPS) is 28.7. The number of hydrogen-bond acceptors (Lipinski definition) is 3. The Bertz CT molecular complexity index is 738. The molecule has 1 atom stereocenters. The van der Waals surface area contributed by atoms with Gasteiger partial charge in [0.05, 0.1) is 11.0 Å². The molecular formula is C21H28N2O2S. The first-order valence-electron chi connectivity index (χ1n) is 10.3. The molecule has 0 aromatic carbocycles. The topological polar surface area (TPSA) is 40.6 Å². The maximum absolute atomic E-state index is 13.2. The van der Waals surface area contributed by atoms with Crippen LogP contribution in [0.5, 0.6) is 0 Å². The van der Waals surface area contributed by atoms with Crippen molar-refractivity contribution in [2.75, 3.05) is 26.2 Å². The molecule has 5 rings (SSSR count). The van der Waals surface area contributed by atoms with E-state index in [1.54, 1.807) is 11.3 Å². The highest BCUT2D eigenvalue weighted by molar-refractivity contribution is 7.10. The Morgan fingerprint density at radius 3 is 2.85 bits per heavy atom. The number of piperidine rings is 1. The van der Waals surface area contributed by atoms with E-state index in [0.717, 1.165) is 63.2 Å². The van der Waals surface area contributed by atoms with Gasteiger partial charge in [-0.3, -0.25) is 9.59 Å². The van der Waals surface area contributed by atoms with Gasteiger partial charge in [0.2, 0.25) is 5.91 Å². The minimum atomic E-state index is -0.293. The number of thiophene rings is 1. The lowest BCUT2D eigenvalue weighted by Crippen LogP contribution is -2.51. The lowest BCUT2D eigenvalue weighted by atomic mass is 9.78. The van der Waals surface area contributed by atoms with Gasteiger partial charge >= 0.3 is 0 Å². The second-order valence-corrected chi connectivity index (χ2v) is 9.78. The maximum atomic E-state index is 13.2. The Kier molecular flexibility index (Phi) is 4.11. The molecule has 3 heterocycles. The highest BCUT2D eigenvalue weighted by Crippen LogP contribution is 2.42. The predicted octanol–water partition coefficient (Wildman–Crippen LogP) is 3.49. The molecule has 4 nitrogen and oxygen atoms in total. The van der Waals surface area contributed by atoms with Crippen LogP contribution in [0.1, 0.15) is 65.7 Å². The van der Waals surface area contributed by atoms with E-state index < -0.39 is 0 Å². The molecule has 2 amide bonds. The van der Waals surface area contributed by atoms with Gasteiger partial charge in [0.25, 0.3) is 5.91 Å². The molecule has 1 spiro atoms. The number of aryl methyl sites for hydroxylation is 1. The molecule has 3 fully saturated rings. The highest BCUT2D eigenvalue weighted by atomic mass is 32.1. The zero-order chi connectivity index (χ0) is 17.7. The molecular weight excluding hydrogens is 344 g/mol. The summed E-state index contributed by atoms with van der Waals surface area (Å²) in [6.45, 7) is 3.25. The van der Waals surface area contributed by atoms with Crippen molar-refractivity contribution in [3.63, 3.8) is 0 Å². The fraction of sp³-hybridized carbons (Fsp3) is 0.714. The van der Waals surface area contributed by atoms with E-state index in [1.807, 2.05) is 4.90 Å². The van der Waals surface area contributed by atoms with Crippen molar-refractivity contribution < 1.29 is 9.59 Å². The average Bonchev–Trinajstić information content (AvgIpc) is 3.21. The summed E-state index contributed by atoms with van der Waals surface area (Å²) >= 11 is 1.76. The molecule has 2 aliphatic heterocycles. The van der Waals surface area contributed by atoms with Gasteiger partial charge < -0.3 is 9.80 Å².